The van der Waals surface area contributed by atoms with Gasteiger partial charge in [-0.3, -0.25) is 9.59 Å². The Bertz CT molecular complexity index is 930. The van der Waals surface area contributed by atoms with Crippen molar-refractivity contribution in [3.63, 3.8) is 0 Å². The highest BCUT2D eigenvalue weighted by Crippen LogP contribution is 2.69. The normalized spacial score (nSPS) is 46.0. The van der Waals surface area contributed by atoms with Crippen molar-refractivity contribution in [2.45, 2.75) is 77.7 Å². The van der Waals surface area contributed by atoms with Crippen molar-refractivity contribution in [2.75, 3.05) is 7.11 Å². The van der Waals surface area contributed by atoms with Gasteiger partial charge in [-0.05, 0) is 67.5 Å². The van der Waals surface area contributed by atoms with Crippen molar-refractivity contribution < 1.29 is 28.6 Å². The summed E-state index contributed by atoms with van der Waals surface area (Å²) in [7, 11) is 1.49. The highest BCUT2D eigenvalue weighted by molar-refractivity contribution is 7.80. The molecule has 0 aromatic rings. The van der Waals surface area contributed by atoms with Gasteiger partial charge >= 0.3 is 5.97 Å². The number of esters is 1. The number of ketones is 1. The van der Waals surface area contributed by atoms with E-state index in [-0.39, 0.29) is 53.3 Å². The summed E-state index contributed by atoms with van der Waals surface area (Å²) in [5, 5.41) is 11.8. The highest BCUT2D eigenvalue weighted by atomic mass is 32.1. The van der Waals surface area contributed by atoms with Crippen molar-refractivity contribution in [1.29, 1.82) is 0 Å². The van der Waals surface area contributed by atoms with Crippen LogP contribution >= 0.6 is 12.2 Å². The quantitative estimate of drug-likeness (QED) is 0.473. The Morgan fingerprint density at radius 3 is 2.67 bits per heavy atom. The fourth-order valence-electron chi connectivity index (χ4n) is 7.93. The van der Waals surface area contributed by atoms with Gasteiger partial charge in [0.15, 0.2) is 11.4 Å². The second-order valence-corrected chi connectivity index (χ2v) is 11.3. The highest BCUT2D eigenvalue weighted by Gasteiger charge is 2.73. The van der Waals surface area contributed by atoms with Gasteiger partial charge in [0.25, 0.3) is 0 Å². The molecule has 182 valence electrons. The summed E-state index contributed by atoms with van der Waals surface area (Å²) in [4.78, 5) is 24.8. The first-order valence-electron chi connectivity index (χ1n) is 12.0. The van der Waals surface area contributed by atoms with Gasteiger partial charge in [0.1, 0.15) is 6.17 Å². The molecule has 0 aromatic carbocycles. The summed E-state index contributed by atoms with van der Waals surface area (Å²) in [6.07, 6.45) is 4.86. The third kappa shape index (κ3) is 3.28. The molecule has 4 rings (SSSR count). The topological polar surface area (TPSA) is 72.8 Å². The van der Waals surface area contributed by atoms with E-state index in [1.54, 1.807) is 6.08 Å². The van der Waals surface area contributed by atoms with E-state index in [9.17, 15) is 14.7 Å². The maximum atomic E-state index is 15.6. The van der Waals surface area contributed by atoms with Crippen LogP contribution in [0.25, 0.3) is 0 Å². The van der Waals surface area contributed by atoms with E-state index in [1.807, 2.05) is 27.7 Å². The first kappa shape index (κ1) is 24.5. The molecule has 4 aliphatic rings. The average Bonchev–Trinajstić information content (AvgIpc) is 2.96. The number of fused-ring (bicyclic) bond motifs is 5. The summed E-state index contributed by atoms with van der Waals surface area (Å²) in [6, 6.07) is 0. The molecule has 0 amide bonds. The molecule has 4 aliphatic carbocycles. The third-order valence-electron chi connectivity index (χ3n) is 9.23. The molecule has 0 heterocycles. The molecule has 0 aliphatic heterocycles. The molecule has 0 saturated heterocycles. The number of carbonyl (C=O) groups excluding carboxylic acids is 2. The SMILES string of the molecule is CCCC(=O)O[C@]1(C(=S)OC)[C@@H](C)C[C@H]2[C@@H]3C[C@H](F)C4=CC(=O)C=C[C@]4(C)[C@H]3[C@@H](O)C[C@@]21C. The third-order valence-corrected chi connectivity index (χ3v) is 9.70. The fourth-order valence-corrected chi connectivity index (χ4v) is 8.41. The zero-order chi connectivity index (χ0) is 24.3. The number of halogens is 1. The molecule has 3 saturated carbocycles. The molecule has 5 nitrogen and oxygen atoms in total. The van der Waals surface area contributed by atoms with Crippen molar-refractivity contribution >= 4 is 29.0 Å². The van der Waals surface area contributed by atoms with Gasteiger partial charge in [-0.1, -0.05) is 33.8 Å². The van der Waals surface area contributed by atoms with Crippen LogP contribution < -0.4 is 0 Å². The number of alkyl halides is 1. The van der Waals surface area contributed by atoms with E-state index < -0.39 is 28.7 Å². The van der Waals surface area contributed by atoms with E-state index in [0.29, 0.717) is 24.8 Å². The lowest BCUT2D eigenvalue weighted by Crippen LogP contribution is -2.64. The molecule has 9 atom stereocenters. The lowest BCUT2D eigenvalue weighted by Gasteiger charge is -2.60. The Morgan fingerprint density at radius 2 is 2.03 bits per heavy atom. The zero-order valence-electron chi connectivity index (χ0n) is 20.1. The van der Waals surface area contributed by atoms with Crippen LogP contribution in [0.2, 0.25) is 0 Å². The van der Waals surface area contributed by atoms with E-state index in [0.717, 1.165) is 0 Å². The van der Waals surface area contributed by atoms with Crippen LogP contribution in [-0.2, 0) is 19.1 Å². The Kier molecular flexibility index (Phi) is 6.14. The minimum atomic E-state index is -1.26. The summed E-state index contributed by atoms with van der Waals surface area (Å²) < 4.78 is 27.3. The molecular formula is C26H35FO5S. The first-order valence-corrected chi connectivity index (χ1v) is 12.4. The molecule has 33 heavy (non-hydrogen) atoms. The predicted octanol–water partition coefficient (Wildman–Crippen LogP) is 4.52. The van der Waals surface area contributed by atoms with Crippen molar-refractivity contribution in [3.05, 3.63) is 23.8 Å². The van der Waals surface area contributed by atoms with Gasteiger partial charge in [-0.2, -0.15) is 0 Å². The molecule has 0 radical (unpaired) electrons. The maximum absolute atomic E-state index is 15.6. The van der Waals surface area contributed by atoms with Gasteiger partial charge < -0.3 is 14.6 Å². The van der Waals surface area contributed by atoms with Crippen LogP contribution in [0.15, 0.2) is 23.8 Å². The van der Waals surface area contributed by atoms with E-state index in [1.165, 1.54) is 19.3 Å². The van der Waals surface area contributed by atoms with Crippen LogP contribution in [0.3, 0.4) is 0 Å². The molecule has 0 bridgehead atoms. The number of thiocarbonyl (C=S) groups is 1. The second kappa shape index (κ2) is 8.26. The number of aliphatic hydroxyl groups is 1. The zero-order valence-corrected chi connectivity index (χ0v) is 20.9. The fraction of sp³-hybridized carbons (Fsp3) is 0.731. The van der Waals surface area contributed by atoms with Crippen LogP contribution in [0.4, 0.5) is 4.39 Å². The van der Waals surface area contributed by atoms with Gasteiger partial charge in [-0.15, -0.1) is 0 Å². The minimum absolute atomic E-state index is 0.0221. The Hall–Kier alpha value is -1.60. The monoisotopic (exact) mass is 478 g/mol. The van der Waals surface area contributed by atoms with Crippen LogP contribution in [0, 0.1) is 34.5 Å². The summed E-state index contributed by atoms with van der Waals surface area (Å²) in [6.45, 7) is 7.88. The number of rotatable bonds is 4. The number of methoxy groups -OCH3 is 1. The number of carbonyl (C=O) groups is 2. The van der Waals surface area contributed by atoms with Gasteiger partial charge in [0.2, 0.25) is 5.05 Å². The standard InChI is InChI=1S/C26H35FO5S/c1-6-7-21(30)32-26(23(33)31-5)14(2)10-17-16-12-19(27)18-11-15(28)8-9-24(18,3)22(16)20(29)13-25(17,26)4/h8-9,11,14,16-17,19-20,22,29H,6-7,10,12-13H2,1-5H3/t14-,16-,17-,19-,20-,22+,24-,25-,26-/m0/s1. The smallest absolute Gasteiger partial charge is 0.306 e. The van der Waals surface area contributed by atoms with E-state index >= 15 is 4.39 Å². The number of hydrogen-bond acceptors (Lipinski definition) is 6. The maximum Gasteiger partial charge on any atom is 0.306 e. The number of allylic oxidation sites excluding steroid dienone is 4. The Morgan fingerprint density at radius 1 is 1.33 bits per heavy atom. The Labute approximate surface area is 200 Å². The largest absolute Gasteiger partial charge is 0.487 e. The predicted molar refractivity (Wildman–Crippen MR) is 126 cm³/mol. The van der Waals surface area contributed by atoms with Gasteiger partial charge in [0.05, 0.1) is 13.2 Å². The lowest BCUT2D eigenvalue weighted by molar-refractivity contribution is -0.187. The lowest BCUT2D eigenvalue weighted by atomic mass is 9.46. The molecule has 0 unspecified atom stereocenters. The van der Waals surface area contributed by atoms with Crippen LogP contribution in [0.5, 0.6) is 0 Å². The summed E-state index contributed by atoms with van der Waals surface area (Å²) in [5.74, 6) is -1.09. The Balaban J connectivity index is 1.81. The summed E-state index contributed by atoms with van der Waals surface area (Å²) >= 11 is 5.67. The number of aliphatic hydroxyl groups excluding tert-OH is 1. The molecule has 3 fully saturated rings. The van der Waals surface area contributed by atoms with Crippen molar-refractivity contribution in [1.82, 2.24) is 0 Å². The number of hydrogen-bond donors (Lipinski definition) is 1. The van der Waals surface area contributed by atoms with E-state index in [2.05, 4.69) is 0 Å². The van der Waals surface area contributed by atoms with Crippen LogP contribution in [-0.4, -0.2) is 46.9 Å². The molecule has 7 heteroatoms. The van der Waals surface area contributed by atoms with Crippen LogP contribution in [0.1, 0.15) is 59.8 Å². The van der Waals surface area contributed by atoms with Gasteiger partial charge in [0, 0.05) is 29.1 Å². The average molecular weight is 479 g/mol. The van der Waals surface area contributed by atoms with Crippen molar-refractivity contribution in [2.24, 2.45) is 34.5 Å². The van der Waals surface area contributed by atoms with Gasteiger partial charge in [-0.25, -0.2) is 4.39 Å². The van der Waals surface area contributed by atoms with E-state index in [4.69, 9.17) is 21.7 Å². The molecule has 1 N–H and O–H groups in total. The molecular weight excluding hydrogens is 443 g/mol. The molecule has 0 aromatic heterocycles. The summed E-state index contributed by atoms with van der Waals surface area (Å²) in [5.41, 5.74) is -2.12. The molecule has 0 spiro atoms. The van der Waals surface area contributed by atoms with Crippen molar-refractivity contribution in [3.8, 4) is 0 Å². The first-order chi connectivity index (χ1) is 15.5. The minimum Gasteiger partial charge on any atom is -0.487 e. The number of ether oxygens (including phenoxy) is 2. The second-order valence-electron chi connectivity index (χ2n) is 10.9.